The maximum atomic E-state index is 11.1. The quantitative estimate of drug-likeness (QED) is 0.556. The highest BCUT2D eigenvalue weighted by Crippen LogP contribution is 2.09. The molecule has 0 aromatic rings. The van der Waals surface area contributed by atoms with Crippen LogP contribution >= 0.6 is 0 Å². The Bertz CT molecular complexity index is 159. The highest BCUT2D eigenvalue weighted by atomic mass is 16.5. The first-order valence-electron chi connectivity index (χ1n) is 5.40. The van der Waals surface area contributed by atoms with Crippen LogP contribution in [0.15, 0.2) is 0 Å². The van der Waals surface area contributed by atoms with E-state index in [9.17, 15) is 4.79 Å². The molecule has 4 nitrogen and oxygen atoms in total. The van der Waals surface area contributed by atoms with E-state index in [1.54, 1.807) is 14.0 Å². The van der Waals surface area contributed by atoms with E-state index in [4.69, 9.17) is 14.6 Å². The zero-order valence-corrected chi connectivity index (χ0v) is 9.70. The van der Waals surface area contributed by atoms with E-state index in [-0.39, 0.29) is 18.3 Å². The molecular weight excluding hydrogens is 196 g/mol. The fourth-order valence-corrected chi connectivity index (χ4v) is 1.34. The van der Waals surface area contributed by atoms with Crippen LogP contribution in [0.2, 0.25) is 0 Å². The molecule has 0 saturated carbocycles. The van der Waals surface area contributed by atoms with Crippen molar-refractivity contribution in [1.29, 1.82) is 0 Å². The summed E-state index contributed by atoms with van der Waals surface area (Å²) in [5.41, 5.74) is 0. The van der Waals surface area contributed by atoms with Gasteiger partial charge >= 0.3 is 0 Å². The van der Waals surface area contributed by atoms with E-state index < -0.39 is 0 Å². The molecule has 4 heteroatoms. The number of ketones is 1. The van der Waals surface area contributed by atoms with Crippen LogP contribution in [0, 0.1) is 5.92 Å². The molecule has 0 aromatic carbocycles. The number of rotatable bonds is 10. The smallest absolute Gasteiger partial charge is 0.133 e. The molecule has 0 saturated heterocycles. The largest absolute Gasteiger partial charge is 0.396 e. The number of hydrogen-bond acceptors (Lipinski definition) is 4. The van der Waals surface area contributed by atoms with Gasteiger partial charge in [0.1, 0.15) is 5.78 Å². The third-order valence-corrected chi connectivity index (χ3v) is 2.30. The number of carbonyl (C=O) groups excluding carboxylic acids is 1. The van der Waals surface area contributed by atoms with Crippen LogP contribution in [0.4, 0.5) is 0 Å². The molecule has 0 amide bonds. The Balaban J connectivity index is 3.41. The SMILES string of the molecule is COCCCOCCC(CCO)C(C)=O. The highest BCUT2D eigenvalue weighted by molar-refractivity contribution is 5.78. The molecule has 1 atom stereocenters. The van der Waals surface area contributed by atoms with Gasteiger partial charge in [-0.15, -0.1) is 0 Å². The van der Waals surface area contributed by atoms with E-state index in [2.05, 4.69) is 0 Å². The zero-order chi connectivity index (χ0) is 11.5. The molecule has 0 aromatic heterocycles. The summed E-state index contributed by atoms with van der Waals surface area (Å²) in [5.74, 6) is 0.0713. The summed E-state index contributed by atoms with van der Waals surface area (Å²) in [6, 6.07) is 0. The molecule has 1 unspecified atom stereocenters. The van der Waals surface area contributed by atoms with Gasteiger partial charge in [0, 0.05) is 39.5 Å². The molecule has 0 rings (SSSR count). The van der Waals surface area contributed by atoms with Crippen LogP contribution in [0.5, 0.6) is 0 Å². The van der Waals surface area contributed by atoms with Gasteiger partial charge in [-0.25, -0.2) is 0 Å². The van der Waals surface area contributed by atoms with E-state index in [0.29, 0.717) is 32.7 Å². The summed E-state index contributed by atoms with van der Waals surface area (Å²) < 4.78 is 10.2. The van der Waals surface area contributed by atoms with Gasteiger partial charge < -0.3 is 14.6 Å². The molecule has 0 fully saturated rings. The second kappa shape index (κ2) is 10.1. The fourth-order valence-electron chi connectivity index (χ4n) is 1.34. The molecule has 90 valence electrons. The Hall–Kier alpha value is -0.450. The molecule has 0 aliphatic rings. The molecule has 0 aliphatic carbocycles. The Labute approximate surface area is 91.6 Å². The van der Waals surface area contributed by atoms with Crippen LogP contribution in [-0.2, 0) is 14.3 Å². The van der Waals surface area contributed by atoms with Crippen LogP contribution in [0.3, 0.4) is 0 Å². The molecule has 1 N–H and O–H groups in total. The lowest BCUT2D eigenvalue weighted by Gasteiger charge is -2.12. The van der Waals surface area contributed by atoms with Crippen molar-refractivity contribution < 1.29 is 19.4 Å². The second-order valence-corrected chi connectivity index (χ2v) is 3.57. The second-order valence-electron chi connectivity index (χ2n) is 3.57. The van der Waals surface area contributed by atoms with E-state index in [1.807, 2.05) is 0 Å². The minimum Gasteiger partial charge on any atom is -0.396 e. The number of ether oxygens (including phenoxy) is 2. The number of hydrogen-bond donors (Lipinski definition) is 1. The van der Waals surface area contributed by atoms with Crippen molar-refractivity contribution in [3.63, 3.8) is 0 Å². The van der Waals surface area contributed by atoms with Gasteiger partial charge in [-0.2, -0.15) is 0 Å². The summed E-state index contributed by atoms with van der Waals surface area (Å²) >= 11 is 0. The molecule has 0 heterocycles. The van der Waals surface area contributed by atoms with Gasteiger partial charge in [0.25, 0.3) is 0 Å². The predicted molar refractivity (Wildman–Crippen MR) is 57.8 cm³/mol. The lowest BCUT2D eigenvalue weighted by Crippen LogP contribution is -2.15. The van der Waals surface area contributed by atoms with Crippen molar-refractivity contribution in [3.05, 3.63) is 0 Å². The third kappa shape index (κ3) is 8.54. The summed E-state index contributed by atoms with van der Waals surface area (Å²) in [5, 5.41) is 8.75. The maximum absolute atomic E-state index is 11.1. The number of carbonyl (C=O) groups is 1. The summed E-state index contributed by atoms with van der Waals surface area (Å²) in [4.78, 5) is 11.1. The summed E-state index contributed by atoms with van der Waals surface area (Å²) in [6.07, 6.45) is 2.11. The summed E-state index contributed by atoms with van der Waals surface area (Å²) in [6.45, 7) is 3.57. The number of methoxy groups -OCH3 is 1. The zero-order valence-electron chi connectivity index (χ0n) is 9.70. The van der Waals surface area contributed by atoms with Crippen LogP contribution in [0.25, 0.3) is 0 Å². The van der Waals surface area contributed by atoms with Gasteiger partial charge in [-0.05, 0) is 26.2 Å². The lowest BCUT2D eigenvalue weighted by atomic mass is 9.98. The standard InChI is InChI=1S/C11H22O4/c1-10(13)11(4-6-12)5-9-15-8-3-7-14-2/h11-12H,3-9H2,1-2H3. The van der Waals surface area contributed by atoms with Crippen molar-refractivity contribution >= 4 is 5.78 Å². The minimum atomic E-state index is -0.0579. The predicted octanol–water partition coefficient (Wildman–Crippen LogP) is 1.02. The number of Topliss-reactive ketones (excluding diaryl/α,β-unsaturated/α-hetero) is 1. The molecule has 0 aliphatic heterocycles. The third-order valence-electron chi connectivity index (χ3n) is 2.30. The Kier molecular flexibility index (Phi) is 9.78. The number of aliphatic hydroxyl groups is 1. The molecule has 0 radical (unpaired) electrons. The van der Waals surface area contributed by atoms with Crippen molar-refractivity contribution in [1.82, 2.24) is 0 Å². The Morgan fingerprint density at radius 3 is 2.53 bits per heavy atom. The Morgan fingerprint density at radius 2 is 2.00 bits per heavy atom. The first-order chi connectivity index (χ1) is 7.22. The average Bonchev–Trinajstić information content (AvgIpc) is 2.21. The maximum Gasteiger partial charge on any atom is 0.133 e. The van der Waals surface area contributed by atoms with E-state index >= 15 is 0 Å². The van der Waals surface area contributed by atoms with Crippen molar-refractivity contribution in [2.24, 2.45) is 5.92 Å². The molecule has 15 heavy (non-hydrogen) atoms. The van der Waals surface area contributed by atoms with Gasteiger partial charge in [0.15, 0.2) is 0 Å². The van der Waals surface area contributed by atoms with Crippen molar-refractivity contribution in [3.8, 4) is 0 Å². The molecular formula is C11H22O4. The van der Waals surface area contributed by atoms with Crippen molar-refractivity contribution in [2.75, 3.05) is 33.5 Å². The van der Waals surface area contributed by atoms with Gasteiger partial charge in [0.2, 0.25) is 0 Å². The van der Waals surface area contributed by atoms with Crippen LogP contribution in [-0.4, -0.2) is 44.4 Å². The average molecular weight is 218 g/mol. The number of aliphatic hydroxyl groups excluding tert-OH is 1. The Morgan fingerprint density at radius 1 is 1.27 bits per heavy atom. The van der Waals surface area contributed by atoms with E-state index in [1.165, 1.54) is 0 Å². The lowest BCUT2D eigenvalue weighted by molar-refractivity contribution is -0.121. The monoisotopic (exact) mass is 218 g/mol. The highest BCUT2D eigenvalue weighted by Gasteiger charge is 2.12. The minimum absolute atomic E-state index is 0.0579. The van der Waals surface area contributed by atoms with Gasteiger partial charge in [0.05, 0.1) is 0 Å². The van der Waals surface area contributed by atoms with Gasteiger partial charge in [-0.3, -0.25) is 4.79 Å². The van der Waals surface area contributed by atoms with E-state index in [0.717, 1.165) is 6.42 Å². The molecule has 0 bridgehead atoms. The first kappa shape index (κ1) is 14.6. The first-order valence-corrected chi connectivity index (χ1v) is 5.40. The van der Waals surface area contributed by atoms with Crippen LogP contribution < -0.4 is 0 Å². The fraction of sp³-hybridized carbons (Fsp3) is 0.909. The van der Waals surface area contributed by atoms with Gasteiger partial charge in [-0.1, -0.05) is 0 Å². The summed E-state index contributed by atoms with van der Waals surface area (Å²) in [7, 11) is 1.66. The van der Waals surface area contributed by atoms with Crippen molar-refractivity contribution in [2.45, 2.75) is 26.2 Å². The topological polar surface area (TPSA) is 55.8 Å². The molecule has 0 spiro atoms. The van der Waals surface area contributed by atoms with Crippen LogP contribution in [0.1, 0.15) is 26.2 Å². The normalized spacial score (nSPS) is 12.7.